The first-order chi connectivity index (χ1) is 11.3. The highest BCUT2D eigenvalue weighted by Gasteiger charge is 2.31. The van der Waals surface area contributed by atoms with Gasteiger partial charge in [0, 0.05) is 12.6 Å². The van der Waals surface area contributed by atoms with E-state index in [0.29, 0.717) is 12.5 Å². The fourth-order valence-electron chi connectivity index (χ4n) is 2.48. The minimum absolute atomic E-state index is 0. The molecule has 2 amide bonds. The Morgan fingerprint density at radius 1 is 1.24 bits per heavy atom. The molecule has 1 aliphatic carbocycles. The van der Waals surface area contributed by atoms with Crippen LogP contribution in [0, 0.1) is 23.5 Å². The molecule has 1 fully saturated rings. The lowest BCUT2D eigenvalue weighted by atomic mass is 10.0. The number of hydrogen-bond donors (Lipinski definition) is 3. The van der Waals surface area contributed by atoms with Gasteiger partial charge < -0.3 is 16.4 Å². The van der Waals surface area contributed by atoms with E-state index in [1.165, 1.54) is 6.07 Å². The molecule has 1 aliphatic rings. The van der Waals surface area contributed by atoms with Crippen LogP contribution in [0.2, 0.25) is 0 Å². The van der Waals surface area contributed by atoms with Crippen molar-refractivity contribution in [3.8, 4) is 0 Å². The number of halogens is 3. The molecule has 0 bridgehead atoms. The van der Waals surface area contributed by atoms with E-state index in [4.69, 9.17) is 5.73 Å². The van der Waals surface area contributed by atoms with E-state index >= 15 is 0 Å². The van der Waals surface area contributed by atoms with Crippen molar-refractivity contribution in [1.82, 2.24) is 10.6 Å². The van der Waals surface area contributed by atoms with E-state index < -0.39 is 35.1 Å². The number of benzene rings is 1. The summed E-state index contributed by atoms with van der Waals surface area (Å²) in [6.07, 6.45) is 2.13. The first-order valence-corrected chi connectivity index (χ1v) is 8.09. The monoisotopic (exact) mass is 375 g/mol. The quantitative estimate of drug-likeness (QED) is 0.681. The Hall–Kier alpha value is -1.73. The maximum Gasteiger partial charge on any atom is 0.257 e. The van der Waals surface area contributed by atoms with Crippen molar-refractivity contribution in [2.45, 2.75) is 38.8 Å². The number of carbonyl (C=O) groups is 2. The molecule has 25 heavy (non-hydrogen) atoms. The fraction of sp³-hybridized carbons (Fsp3) is 0.529. The first-order valence-electron chi connectivity index (χ1n) is 8.09. The molecule has 140 valence electrons. The van der Waals surface area contributed by atoms with Crippen LogP contribution in [0.15, 0.2) is 18.2 Å². The molecule has 0 heterocycles. The largest absolute Gasteiger partial charge is 0.353 e. The van der Waals surface area contributed by atoms with E-state index in [1.807, 2.05) is 0 Å². The molecule has 1 saturated carbocycles. The molecule has 5 nitrogen and oxygen atoms in total. The average molecular weight is 376 g/mol. The molecule has 1 unspecified atom stereocenters. The molecule has 2 rings (SSSR count). The van der Waals surface area contributed by atoms with Gasteiger partial charge in [-0.05, 0) is 36.8 Å². The number of nitrogens with two attached hydrogens (primary N) is 1. The standard InChI is InChI=1S/C17H23F2N3O2.ClH/c1-9(2)15(17(24)21-8-13(20)10-6-7-10)22-16(23)14-11(18)4-3-5-12(14)19;/h3-5,9-10,13,15H,6-8,20H2,1-2H3,(H,21,24)(H,22,23);1H/t13?,15-;/m0./s1. The van der Waals surface area contributed by atoms with Gasteiger partial charge in [0.05, 0.1) is 0 Å². The molecule has 8 heteroatoms. The molecule has 0 aromatic heterocycles. The summed E-state index contributed by atoms with van der Waals surface area (Å²) < 4.78 is 27.4. The second-order valence-electron chi connectivity index (χ2n) is 6.54. The van der Waals surface area contributed by atoms with Gasteiger partial charge in [0.2, 0.25) is 5.91 Å². The van der Waals surface area contributed by atoms with Crippen molar-refractivity contribution < 1.29 is 18.4 Å². The van der Waals surface area contributed by atoms with E-state index in [9.17, 15) is 18.4 Å². The molecule has 0 radical (unpaired) electrons. The highest BCUT2D eigenvalue weighted by Crippen LogP contribution is 2.31. The lowest BCUT2D eigenvalue weighted by Gasteiger charge is -2.23. The smallest absolute Gasteiger partial charge is 0.257 e. The topological polar surface area (TPSA) is 84.2 Å². The van der Waals surface area contributed by atoms with E-state index in [2.05, 4.69) is 10.6 Å². The third kappa shape index (κ3) is 5.64. The van der Waals surface area contributed by atoms with Gasteiger partial charge in [-0.1, -0.05) is 19.9 Å². The molecule has 1 aromatic carbocycles. The summed E-state index contributed by atoms with van der Waals surface area (Å²) in [6.45, 7) is 3.79. The van der Waals surface area contributed by atoms with Gasteiger partial charge in [0.15, 0.2) is 0 Å². The summed E-state index contributed by atoms with van der Waals surface area (Å²) in [5.74, 6) is -3.11. The Morgan fingerprint density at radius 3 is 2.28 bits per heavy atom. The van der Waals surface area contributed by atoms with Crippen LogP contribution in [-0.2, 0) is 4.79 Å². The number of carbonyl (C=O) groups excluding carboxylic acids is 2. The summed E-state index contributed by atoms with van der Waals surface area (Å²) in [5.41, 5.74) is 5.25. The Kier molecular flexibility index (Phi) is 7.76. The van der Waals surface area contributed by atoms with Crippen LogP contribution in [0.25, 0.3) is 0 Å². The van der Waals surface area contributed by atoms with E-state index in [0.717, 1.165) is 25.0 Å². The van der Waals surface area contributed by atoms with Crippen LogP contribution in [0.1, 0.15) is 37.0 Å². The molecular formula is C17H24ClF2N3O2. The minimum Gasteiger partial charge on any atom is -0.353 e. The minimum atomic E-state index is -0.967. The zero-order chi connectivity index (χ0) is 17.9. The van der Waals surface area contributed by atoms with Gasteiger partial charge in [-0.25, -0.2) is 8.78 Å². The molecular weight excluding hydrogens is 352 g/mol. The summed E-state index contributed by atoms with van der Waals surface area (Å²) in [4.78, 5) is 24.5. The first kappa shape index (κ1) is 21.3. The van der Waals surface area contributed by atoms with Crippen molar-refractivity contribution in [1.29, 1.82) is 0 Å². The number of rotatable bonds is 7. The van der Waals surface area contributed by atoms with Crippen molar-refractivity contribution in [3.05, 3.63) is 35.4 Å². The lowest BCUT2D eigenvalue weighted by Crippen LogP contribution is -2.52. The number of nitrogens with one attached hydrogen (secondary N) is 2. The molecule has 2 atom stereocenters. The Labute approximate surface area is 152 Å². The third-order valence-electron chi connectivity index (χ3n) is 4.17. The van der Waals surface area contributed by atoms with Gasteiger partial charge >= 0.3 is 0 Å². The number of amides is 2. The average Bonchev–Trinajstić information content (AvgIpc) is 3.34. The zero-order valence-corrected chi connectivity index (χ0v) is 15.0. The zero-order valence-electron chi connectivity index (χ0n) is 14.2. The fourth-order valence-corrected chi connectivity index (χ4v) is 2.48. The van der Waals surface area contributed by atoms with Crippen LogP contribution in [0.3, 0.4) is 0 Å². The molecule has 0 aliphatic heterocycles. The van der Waals surface area contributed by atoms with E-state index in [-0.39, 0.29) is 24.4 Å². The van der Waals surface area contributed by atoms with Crippen molar-refractivity contribution in [2.24, 2.45) is 17.6 Å². The second-order valence-corrected chi connectivity index (χ2v) is 6.54. The van der Waals surface area contributed by atoms with Crippen molar-refractivity contribution in [3.63, 3.8) is 0 Å². The van der Waals surface area contributed by atoms with Crippen LogP contribution in [-0.4, -0.2) is 30.4 Å². The Morgan fingerprint density at radius 2 is 1.80 bits per heavy atom. The number of hydrogen-bond acceptors (Lipinski definition) is 3. The summed E-state index contributed by atoms with van der Waals surface area (Å²) in [5, 5.41) is 5.12. The Balaban J connectivity index is 0.00000312. The molecule has 0 spiro atoms. The van der Waals surface area contributed by atoms with Gasteiger partial charge in [-0.3, -0.25) is 9.59 Å². The normalized spacial score (nSPS) is 15.9. The SMILES string of the molecule is CC(C)[C@H](NC(=O)c1c(F)cccc1F)C(=O)NCC(N)C1CC1.Cl. The van der Waals surface area contributed by atoms with Crippen LogP contribution >= 0.6 is 12.4 Å². The third-order valence-corrected chi connectivity index (χ3v) is 4.17. The van der Waals surface area contributed by atoms with Crippen LogP contribution < -0.4 is 16.4 Å². The van der Waals surface area contributed by atoms with Crippen molar-refractivity contribution >= 4 is 24.2 Å². The van der Waals surface area contributed by atoms with Gasteiger partial charge in [0.1, 0.15) is 23.2 Å². The highest BCUT2D eigenvalue weighted by atomic mass is 35.5. The van der Waals surface area contributed by atoms with Crippen molar-refractivity contribution in [2.75, 3.05) is 6.54 Å². The molecule has 0 saturated heterocycles. The van der Waals surface area contributed by atoms with E-state index in [1.54, 1.807) is 13.8 Å². The lowest BCUT2D eigenvalue weighted by molar-refractivity contribution is -0.124. The van der Waals surface area contributed by atoms with Gasteiger partial charge in [-0.15, -0.1) is 12.4 Å². The summed E-state index contributed by atoms with van der Waals surface area (Å²) in [7, 11) is 0. The highest BCUT2D eigenvalue weighted by molar-refractivity contribution is 5.98. The Bertz CT molecular complexity index is 604. The summed E-state index contributed by atoms with van der Waals surface area (Å²) in [6, 6.07) is 2.16. The van der Waals surface area contributed by atoms with Crippen LogP contribution in [0.4, 0.5) is 8.78 Å². The summed E-state index contributed by atoms with van der Waals surface area (Å²) >= 11 is 0. The van der Waals surface area contributed by atoms with Crippen LogP contribution in [0.5, 0.6) is 0 Å². The van der Waals surface area contributed by atoms with Gasteiger partial charge in [-0.2, -0.15) is 0 Å². The maximum atomic E-state index is 13.7. The second kappa shape index (κ2) is 9.10. The molecule has 1 aromatic rings. The predicted octanol–water partition coefficient (Wildman–Crippen LogP) is 1.99. The van der Waals surface area contributed by atoms with Gasteiger partial charge in [0.25, 0.3) is 5.91 Å². The maximum absolute atomic E-state index is 13.7. The predicted molar refractivity (Wildman–Crippen MR) is 93.4 cm³/mol. The molecule has 4 N–H and O–H groups in total.